The van der Waals surface area contributed by atoms with E-state index in [0.717, 1.165) is 34.2 Å². The van der Waals surface area contributed by atoms with Crippen molar-refractivity contribution < 1.29 is 18.9 Å². The number of nitro benzene ring substituents is 1. The lowest BCUT2D eigenvalue weighted by atomic mass is 9.93. The minimum atomic E-state index is -0.566. The number of benzene rings is 3. The highest BCUT2D eigenvalue weighted by Crippen LogP contribution is 2.36. The number of hydrogen-bond acceptors (Lipinski definition) is 6. The largest absolute Gasteiger partial charge is 0.444 e. The molecule has 0 N–H and O–H groups in total. The number of rotatable bonds is 7. The van der Waals surface area contributed by atoms with Gasteiger partial charge in [-0.2, -0.15) is 0 Å². The summed E-state index contributed by atoms with van der Waals surface area (Å²) in [7, 11) is 0. The Labute approximate surface area is 222 Å². The number of nitro groups is 1. The lowest BCUT2D eigenvalue weighted by molar-refractivity contribution is -0.385. The minimum absolute atomic E-state index is 0.0881. The topological polar surface area (TPSA) is 98.7 Å². The highest BCUT2D eigenvalue weighted by atomic mass is 16.6. The minimum Gasteiger partial charge on any atom is -0.444 e. The van der Waals surface area contributed by atoms with Gasteiger partial charge in [-0.1, -0.05) is 37.3 Å². The van der Waals surface area contributed by atoms with Gasteiger partial charge in [0.1, 0.15) is 11.1 Å². The molecule has 4 aromatic rings. The predicted octanol–water partition coefficient (Wildman–Crippen LogP) is 7.83. The van der Waals surface area contributed by atoms with Gasteiger partial charge < -0.3 is 14.1 Å². The van der Waals surface area contributed by atoms with Crippen LogP contribution in [0.25, 0.3) is 33.7 Å². The van der Waals surface area contributed by atoms with Gasteiger partial charge in [0.2, 0.25) is 5.89 Å². The van der Waals surface area contributed by atoms with Crippen molar-refractivity contribution in [3.8, 4) is 22.6 Å². The Morgan fingerprint density at radius 3 is 2.34 bits per heavy atom. The Morgan fingerprint density at radius 2 is 1.68 bits per heavy atom. The van der Waals surface area contributed by atoms with Crippen LogP contribution in [0.1, 0.15) is 50.8 Å². The Kier molecular flexibility index (Phi) is 7.53. The molecule has 8 nitrogen and oxygen atoms in total. The number of carbonyl (C=O) groups is 1. The van der Waals surface area contributed by atoms with Crippen LogP contribution in [-0.4, -0.2) is 33.0 Å². The fourth-order valence-electron chi connectivity index (χ4n) is 4.51. The molecule has 1 heterocycles. The molecule has 38 heavy (non-hydrogen) atoms. The van der Waals surface area contributed by atoms with Crippen LogP contribution in [0.3, 0.4) is 0 Å². The van der Waals surface area contributed by atoms with Crippen LogP contribution in [0.5, 0.6) is 0 Å². The highest BCUT2D eigenvalue weighted by molar-refractivity contribution is 5.82. The van der Waals surface area contributed by atoms with Gasteiger partial charge in [0.05, 0.1) is 4.92 Å². The van der Waals surface area contributed by atoms with E-state index < -0.39 is 5.60 Å². The summed E-state index contributed by atoms with van der Waals surface area (Å²) in [4.78, 5) is 30.3. The van der Waals surface area contributed by atoms with E-state index in [2.05, 4.69) is 0 Å². The molecule has 0 unspecified atom stereocenters. The number of carbonyl (C=O) groups excluding carboxylic acids is 1. The fraction of sp³-hybridized carbons (Fsp3) is 0.333. The molecule has 0 saturated heterocycles. The van der Waals surface area contributed by atoms with E-state index >= 15 is 0 Å². The fourth-order valence-corrected chi connectivity index (χ4v) is 4.51. The Bertz CT molecular complexity index is 1500. The second kappa shape index (κ2) is 10.7. The van der Waals surface area contributed by atoms with Crippen LogP contribution in [0.15, 0.2) is 59.0 Å². The van der Waals surface area contributed by atoms with Crippen molar-refractivity contribution in [3.63, 3.8) is 0 Å². The van der Waals surface area contributed by atoms with Gasteiger partial charge >= 0.3 is 6.09 Å². The third-order valence-electron chi connectivity index (χ3n) is 6.33. The van der Waals surface area contributed by atoms with Gasteiger partial charge in [-0.3, -0.25) is 10.1 Å². The first-order valence-corrected chi connectivity index (χ1v) is 12.7. The molecule has 0 saturated carbocycles. The lowest BCUT2D eigenvalue weighted by Crippen LogP contribution is -2.36. The zero-order chi connectivity index (χ0) is 27.6. The number of aromatic nitrogens is 1. The van der Waals surface area contributed by atoms with E-state index in [0.29, 0.717) is 35.6 Å². The molecule has 0 spiro atoms. The molecule has 0 atom stereocenters. The van der Waals surface area contributed by atoms with Gasteiger partial charge in [0.25, 0.3) is 5.69 Å². The van der Waals surface area contributed by atoms with E-state index in [4.69, 9.17) is 14.1 Å². The monoisotopic (exact) mass is 515 g/mol. The molecule has 0 fully saturated rings. The molecule has 8 heteroatoms. The first kappa shape index (κ1) is 26.9. The van der Waals surface area contributed by atoms with Crippen molar-refractivity contribution in [2.75, 3.05) is 6.54 Å². The predicted molar refractivity (Wildman–Crippen MR) is 148 cm³/mol. The first-order valence-electron chi connectivity index (χ1n) is 12.7. The zero-order valence-electron chi connectivity index (χ0n) is 22.7. The smallest absolute Gasteiger partial charge is 0.410 e. The quantitative estimate of drug-likeness (QED) is 0.184. The molecular weight excluding hydrogens is 482 g/mol. The average Bonchev–Trinajstić information content (AvgIpc) is 3.26. The summed E-state index contributed by atoms with van der Waals surface area (Å²) in [5.41, 5.74) is 5.81. The SMILES string of the molecule is CCCN(Cc1ccc2oc(-c3cccc(-c4cccc([N+](=O)[O-])c4C)c3C)nc2c1)C(=O)OC(C)(C)C. The number of oxazole rings is 1. The molecular formula is C30H33N3O5. The van der Waals surface area contributed by atoms with Crippen LogP contribution >= 0.6 is 0 Å². The lowest BCUT2D eigenvalue weighted by Gasteiger charge is -2.27. The number of amides is 1. The summed E-state index contributed by atoms with van der Waals surface area (Å²) in [5.74, 6) is 0.470. The number of nitrogens with zero attached hydrogens (tertiary/aromatic N) is 3. The Hall–Kier alpha value is -4.20. The van der Waals surface area contributed by atoms with Gasteiger partial charge in [-0.15, -0.1) is 0 Å². The van der Waals surface area contributed by atoms with E-state index in [1.807, 2.05) is 77.1 Å². The standard InChI is InChI=1S/C30H33N3O5/c1-7-16-32(29(34)38-30(4,5)6)18-21-14-15-27-25(17-21)31-28(37-27)24-12-8-10-22(19(24)2)23-11-9-13-26(20(23)3)33(35)36/h8-15,17H,7,16,18H2,1-6H3. The van der Waals surface area contributed by atoms with Crippen molar-refractivity contribution in [3.05, 3.63) is 81.4 Å². The molecule has 4 rings (SSSR count). The number of ether oxygens (including phenoxy) is 1. The first-order chi connectivity index (χ1) is 18.0. The van der Waals surface area contributed by atoms with E-state index in [1.165, 1.54) is 6.07 Å². The number of hydrogen-bond donors (Lipinski definition) is 0. The normalized spacial score (nSPS) is 11.5. The van der Waals surface area contributed by atoms with Crippen molar-refractivity contribution in [2.45, 2.75) is 60.1 Å². The van der Waals surface area contributed by atoms with E-state index in [1.54, 1.807) is 17.9 Å². The summed E-state index contributed by atoms with van der Waals surface area (Å²) in [5, 5.41) is 11.5. The van der Waals surface area contributed by atoms with Crippen LogP contribution in [0, 0.1) is 24.0 Å². The Balaban J connectivity index is 1.67. The molecule has 0 bridgehead atoms. The van der Waals surface area contributed by atoms with E-state index in [9.17, 15) is 14.9 Å². The van der Waals surface area contributed by atoms with Crippen LogP contribution in [0.4, 0.5) is 10.5 Å². The second-order valence-electron chi connectivity index (χ2n) is 10.4. The van der Waals surface area contributed by atoms with Crippen molar-refractivity contribution in [1.29, 1.82) is 0 Å². The highest BCUT2D eigenvalue weighted by Gasteiger charge is 2.23. The van der Waals surface area contributed by atoms with Gasteiger partial charge in [0.15, 0.2) is 5.58 Å². The summed E-state index contributed by atoms with van der Waals surface area (Å²) in [6.07, 6.45) is 0.471. The maximum atomic E-state index is 12.7. The molecule has 3 aromatic carbocycles. The van der Waals surface area contributed by atoms with Crippen LogP contribution < -0.4 is 0 Å². The summed E-state index contributed by atoms with van der Waals surface area (Å²) in [6.45, 7) is 12.3. The third kappa shape index (κ3) is 5.69. The maximum Gasteiger partial charge on any atom is 0.410 e. The summed E-state index contributed by atoms with van der Waals surface area (Å²) in [6, 6.07) is 16.6. The van der Waals surface area contributed by atoms with E-state index in [-0.39, 0.29) is 16.7 Å². The van der Waals surface area contributed by atoms with Crippen molar-refractivity contribution in [1.82, 2.24) is 9.88 Å². The summed E-state index contributed by atoms with van der Waals surface area (Å²) >= 11 is 0. The summed E-state index contributed by atoms with van der Waals surface area (Å²) < 4.78 is 11.7. The maximum absolute atomic E-state index is 12.7. The molecule has 0 aliphatic heterocycles. The second-order valence-corrected chi connectivity index (χ2v) is 10.4. The molecule has 0 aliphatic carbocycles. The zero-order valence-corrected chi connectivity index (χ0v) is 22.7. The molecule has 1 aromatic heterocycles. The van der Waals surface area contributed by atoms with Gasteiger partial charge in [0, 0.05) is 30.3 Å². The van der Waals surface area contributed by atoms with Crippen LogP contribution in [-0.2, 0) is 11.3 Å². The van der Waals surface area contributed by atoms with Gasteiger partial charge in [-0.05, 0) is 81.5 Å². The van der Waals surface area contributed by atoms with Gasteiger partial charge in [-0.25, -0.2) is 9.78 Å². The molecule has 0 radical (unpaired) electrons. The third-order valence-corrected chi connectivity index (χ3v) is 6.33. The molecule has 1 amide bonds. The molecule has 198 valence electrons. The Morgan fingerprint density at radius 1 is 1.03 bits per heavy atom. The average molecular weight is 516 g/mol. The van der Waals surface area contributed by atoms with Crippen LogP contribution in [0.2, 0.25) is 0 Å². The molecule has 0 aliphatic rings. The van der Waals surface area contributed by atoms with Crippen molar-refractivity contribution in [2.24, 2.45) is 0 Å². The number of fused-ring (bicyclic) bond motifs is 1. The van der Waals surface area contributed by atoms with Crippen molar-refractivity contribution >= 4 is 22.9 Å².